The van der Waals surface area contributed by atoms with Crippen LogP contribution in [0.1, 0.15) is 63.9 Å². The Bertz CT molecular complexity index is 891. The van der Waals surface area contributed by atoms with Crippen molar-refractivity contribution < 1.29 is 14.6 Å². The molecule has 5 rings (SSSR count). The number of fused-ring (bicyclic) bond motifs is 5. The van der Waals surface area contributed by atoms with Crippen molar-refractivity contribution in [1.29, 1.82) is 0 Å². The predicted octanol–water partition coefficient (Wildman–Crippen LogP) is 5.20. The minimum Gasteiger partial charge on any atom is -0.497 e. The van der Waals surface area contributed by atoms with E-state index in [1.54, 1.807) is 7.11 Å². The average Bonchev–Trinajstić information content (AvgIpc) is 2.96. The van der Waals surface area contributed by atoms with Gasteiger partial charge in [0.15, 0.2) is 5.78 Å². The Morgan fingerprint density at radius 3 is 2.48 bits per heavy atom. The topological polar surface area (TPSA) is 46.5 Å². The maximum Gasteiger partial charge on any atom is 0.155 e. The molecule has 3 nitrogen and oxygen atoms in total. The molecule has 1 aromatic carbocycles. The number of ketones is 1. The fourth-order valence-corrected chi connectivity index (χ4v) is 7.02. The van der Waals surface area contributed by atoms with Gasteiger partial charge >= 0.3 is 0 Å². The van der Waals surface area contributed by atoms with E-state index >= 15 is 0 Å². The minimum absolute atomic E-state index is 0.176. The first kappa shape index (κ1) is 19.1. The molecule has 0 radical (unpaired) electrons. The lowest BCUT2D eigenvalue weighted by Gasteiger charge is -2.56. The van der Waals surface area contributed by atoms with Crippen molar-refractivity contribution in [2.24, 2.45) is 23.2 Å². The summed E-state index contributed by atoms with van der Waals surface area (Å²) >= 11 is 0. The normalized spacial score (nSPS) is 41.0. The van der Waals surface area contributed by atoms with E-state index in [2.05, 4.69) is 37.3 Å². The van der Waals surface area contributed by atoms with E-state index in [4.69, 9.17) is 4.74 Å². The molecule has 0 aliphatic heterocycles. The summed E-state index contributed by atoms with van der Waals surface area (Å²) in [6.45, 7) is 4.31. The first-order valence-electron chi connectivity index (χ1n) is 11.1. The molecule has 0 aromatic heterocycles. The number of rotatable bonds is 2. The highest BCUT2D eigenvalue weighted by molar-refractivity contribution is 5.91. The lowest BCUT2D eigenvalue weighted by atomic mass is 9.48. The van der Waals surface area contributed by atoms with Gasteiger partial charge in [0.05, 0.1) is 12.7 Å². The number of ether oxygens (including phenoxy) is 1. The molecule has 0 spiro atoms. The van der Waals surface area contributed by atoms with Crippen molar-refractivity contribution >= 4 is 5.78 Å². The fourth-order valence-electron chi connectivity index (χ4n) is 7.02. The number of carbonyl (C=O) groups excluding carboxylic acids is 1. The van der Waals surface area contributed by atoms with Gasteiger partial charge in [0.25, 0.3) is 0 Å². The molecular weight excluding hydrogens is 360 g/mol. The smallest absolute Gasteiger partial charge is 0.155 e. The number of aliphatic hydroxyl groups is 1. The molecule has 0 saturated heterocycles. The Morgan fingerprint density at radius 1 is 1.03 bits per heavy atom. The number of methoxy groups -OCH3 is 1. The van der Waals surface area contributed by atoms with Gasteiger partial charge in [-0.05, 0) is 86.5 Å². The van der Waals surface area contributed by atoms with E-state index in [0.717, 1.165) is 37.9 Å². The van der Waals surface area contributed by atoms with Crippen LogP contribution in [0.4, 0.5) is 0 Å². The third kappa shape index (κ3) is 2.77. The van der Waals surface area contributed by atoms with Crippen molar-refractivity contribution in [2.75, 3.05) is 7.11 Å². The minimum atomic E-state index is -0.684. The third-order valence-corrected chi connectivity index (χ3v) is 8.78. The summed E-state index contributed by atoms with van der Waals surface area (Å²) in [6.07, 6.45) is 9.83. The first-order valence-corrected chi connectivity index (χ1v) is 11.1. The standard InChI is InChI=1S/C26H32O3/c1-25-15-22(16-4-8-19(29-3)9-5-16)24-20-11-7-18(27)14-17(20)6-10-21(24)23(25)12-13-26(25,2)28/h4-5,8-9,12,14,20-22,24,28H,6-7,10-11,13,15H2,1-3H3/t20?,21?,22?,24?,25-,26-/m0/s1. The summed E-state index contributed by atoms with van der Waals surface area (Å²) in [7, 11) is 1.71. The van der Waals surface area contributed by atoms with Gasteiger partial charge in [0.1, 0.15) is 5.75 Å². The molecule has 3 heteroatoms. The Kier molecular flexibility index (Phi) is 4.33. The van der Waals surface area contributed by atoms with Crippen molar-refractivity contribution in [2.45, 2.75) is 63.9 Å². The molecule has 2 saturated carbocycles. The summed E-state index contributed by atoms with van der Waals surface area (Å²) in [5.74, 6) is 3.09. The highest BCUT2D eigenvalue weighted by Crippen LogP contribution is 2.66. The number of allylic oxidation sites excluding steroid dienone is 2. The molecule has 0 bridgehead atoms. The van der Waals surface area contributed by atoms with Gasteiger partial charge in [-0.1, -0.05) is 36.3 Å². The van der Waals surface area contributed by atoms with E-state index < -0.39 is 5.60 Å². The van der Waals surface area contributed by atoms with Crippen LogP contribution in [0, 0.1) is 23.2 Å². The van der Waals surface area contributed by atoms with E-state index in [-0.39, 0.29) is 5.41 Å². The second-order valence-electron chi connectivity index (χ2n) is 10.1. The molecule has 0 heterocycles. The zero-order chi connectivity index (χ0) is 20.4. The van der Waals surface area contributed by atoms with Gasteiger partial charge in [-0.25, -0.2) is 0 Å². The van der Waals surface area contributed by atoms with E-state index in [1.165, 1.54) is 16.7 Å². The van der Waals surface area contributed by atoms with E-state index in [0.29, 0.717) is 35.9 Å². The number of hydrogen-bond donors (Lipinski definition) is 1. The number of benzene rings is 1. The second-order valence-corrected chi connectivity index (χ2v) is 10.1. The van der Waals surface area contributed by atoms with Crippen LogP contribution in [0.3, 0.4) is 0 Å². The Hall–Kier alpha value is -1.87. The van der Waals surface area contributed by atoms with E-state index in [1.807, 2.05) is 13.0 Å². The lowest BCUT2D eigenvalue weighted by molar-refractivity contribution is -0.115. The van der Waals surface area contributed by atoms with Gasteiger partial charge in [-0.3, -0.25) is 4.79 Å². The summed E-state index contributed by atoms with van der Waals surface area (Å²) in [5.41, 5.74) is 3.37. The summed E-state index contributed by atoms with van der Waals surface area (Å²) < 4.78 is 5.39. The molecule has 29 heavy (non-hydrogen) atoms. The van der Waals surface area contributed by atoms with Gasteiger partial charge in [-0.2, -0.15) is 0 Å². The molecule has 4 unspecified atom stereocenters. The van der Waals surface area contributed by atoms with Crippen LogP contribution in [-0.4, -0.2) is 23.6 Å². The van der Waals surface area contributed by atoms with Gasteiger partial charge in [-0.15, -0.1) is 0 Å². The van der Waals surface area contributed by atoms with E-state index in [9.17, 15) is 9.90 Å². The Morgan fingerprint density at radius 2 is 1.76 bits per heavy atom. The molecule has 2 fully saturated rings. The molecule has 154 valence electrons. The van der Waals surface area contributed by atoms with Crippen molar-refractivity contribution in [3.8, 4) is 5.75 Å². The van der Waals surface area contributed by atoms with Crippen LogP contribution in [0.5, 0.6) is 5.75 Å². The maximum atomic E-state index is 12.1. The SMILES string of the molecule is COc1ccc(C2C[C@@]3(C)C(=CC[C@]3(C)O)C3CCC4=CC(=O)CCC4C32)cc1. The van der Waals surface area contributed by atoms with Gasteiger partial charge in [0.2, 0.25) is 0 Å². The quantitative estimate of drug-likeness (QED) is 0.704. The van der Waals surface area contributed by atoms with Crippen LogP contribution in [0.2, 0.25) is 0 Å². The number of carbonyl (C=O) groups is 1. The fraction of sp³-hybridized carbons (Fsp3) is 0.577. The molecule has 6 atom stereocenters. The molecule has 0 amide bonds. The van der Waals surface area contributed by atoms with Gasteiger partial charge in [0, 0.05) is 11.8 Å². The van der Waals surface area contributed by atoms with Crippen LogP contribution in [0.15, 0.2) is 47.6 Å². The predicted molar refractivity (Wildman–Crippen MR) is 114 cm³/mol. The van der Waals surface area contributed by atoms with Crippen LogP contribution in [0.25, 0.3) is 0 Å². The molecule has 1 N–H and O–H groups in total. The molecular formula is C26H32O3. The monoisotopic (exact) mass is 392 g/mol. The highest BCUT2D eigenvalue weighted by atomic mass is 16.5. The largest absolute Gasteiger partial charge is 0.497 e. The summed E-state index contributed by atoms with van der Waals surface area (Å²) in [4.78, 5) is 12.1. The lowest BCUT2D eigenvalue weighted by Crippen LogP contribution is -2.51. The first-order chi connectivity index (χ1) is 13.8. The molecule has 1 aromatic rings. The van der Waals surface area contributed by atoms with Crippen LogP contribution in [-0.2, 0) is 4.79 Å². The number of hydrogen-bond acceptors (Lipinski definition) is 3. The van der Waals surface area contributed by atoms with Crippen LogP contribution >= 0.6 is 0 Å². The summed E-state index contributed by atoms with van der Waals surface area (Å²) in [5, 5.41) is 11.3. The van der Waals surface area contributed by atoms with Gasteiger partial charge < -0.3 is 9.84 Å². The molecule has 4 aliphatic rings. The zero-order valence-electron chi connectivity index (χ0n) is 17.8. The molecule has 4 aliphatic carbocycles. The third-order valence-electron chi connectivity index (χ3n) is 8.78. The summed E-state index contributed by atoms with van der Waals surface area (Å²) in [6, 6.07) is 8.56. The van der Waals surface area contributed by atoms with Crippen molar-refractivity contribution in [3.05, 3.63) is 53.1 Å². The Labute approximate surface area is 173 Å². The Balaban J connectivity index is 1.61. The van der Waals surface area contributed by atoms with Crippen molar-refractivity contribution in [1.82, 2.24) is 0 Å². The zero-order valence-corrected chi connectivity index (χ0v) is 17.8. The highest BCUT2D eigenvalue weighted by Gasteiger charge is 2.59. The van der Waals surface area contributed by atoms with Crippen LogP contribution < -0.4 is 4.74 Å². The second kappa shape index (κ2) is 6.57. The maximum absolute atomic E-state index is 12.1. The van der Waals surface area contributed by atoms with Crippen molar-refractivity contribution in [3.63, 3.8) is 0 Å². The average molecular weight is 393 g/mol.